The van der Waals surface area contributed by atoms with E-state index in [1.807, 2.05) is 42.5 Å². The van der Waals surface area contributed by atoms with E-state index in [1.54, 1.807) is 0 Å². The third kappa shape index (κ3) is 14.7. The molecule has 1 heterocycles. The second-order valence-electron chi connectivity index (χ2n) is 17.2. The summed E-state index contributed by atoms with van der Waals surface area (Å²) < 4.78 is 12.3. The zero-order valence-electron chi connectivity index (χ0n) is 39.3. The Labute approximate surface area is 375 Å². The molecule has 7 nitrogen and oxygen atoms in total. The first-order valence-corrected chi connectivity index (χ1v) is 23.5. The summed E-state index contributed by atoms with van der Waals surface area (Å²) in [6, 6.07) is 22.8. The SMILES string of the molecule is C=C(Nc1ccc(/C=C/C=O)cc1CCCOCc1ccccc1)C(NC(=O)c1ccc2c(c1)N(CCOC(C)/C=C(\C)CC)C(C/C=C\C)C2C(C)CC)C1CCC1.CCC. The number of hydrogen-bond donors (Lipinski definition) is 2. The van der Waals surface area contributed by atoms with E-state index in [-0.39, 0.29) is 24.1 Å². The first-order valence-electron chi connectivity index (χ1n) is 23.5. The summed E-state index contributed by atoms with van der Waals surface area (Å²) >= 11 is 0. The standard InChI is InChI=1S/C52H69N3O4.C3H8/c1-8-11-24-48-50(38(5)10-3)46-27-26-45(35-49(46)55(48)29-32-59-39(6)33-37(4)9-2)52(57)54-51(43-21-15-22-43)40(7)53-47-28-25-41(20-16-30-56)34-44(47)23-17-31-58-36-42-18-13-12-14-19-42;1-3-2/h8,11-14,16,18-20,25-28,30,33-35,38-39,43,48,50-51,53H,7,9-10,15,17,21-24,29,31-32,36H2,1-6H3,(H,54,57);3H2,1-2H3/b11-8-,20-16+,37-33+;. The van der Waals surface area contributed by atoms with E-state index in [2.05, 4.69) is 126 Å². The van der Waals surface area contributed by atoms with Gasteiger partial charge in [-0.2, -0.15) is 0 Å². The minimum Gasteiger partial charge on any atom is -0.377 e. The number of rotatable bonds is 24. The summed E-state index contributed by atoms with van der Waals surface area (Å²) in [7, 11) is 0. The molecule has 0 radical (unpaired) electrons. The van der Waals surface area contributed by atoms with Crippen molar-refractivity contribution in [3.8, 4) is 0 Å². The smallest absolute Gasteiger partial charge is 0.251 e. The fourth-order valence-corrected chi connectivity index (χ4v) is 8.54. The molecule has 1 aliphatic carbocycles. The van der Waals surface area contributed by atoms with E-state index in [9.17, 15) is 9.59 Å². The van der Waals surface area contributed by atoms with Crippen molar-refractivity contribution in [2.45, 2.75) is 144 Å². The molecule has 3 aromatic carbocycles. The molecule has 3 aromatic rings. The van der Waals surface area contributed by atoms with Gasteiger partial charge in [-0.1, -0.05) is 133 Å². The Kier molecular flexibility index (Phi) is 21.5. The molecule has 0 aromatic heterocycles. The third-order valence-corrected chi connectivity index (χ3v) is 12.4. The largest absolute Gasteiger partial charge is 0.377 e. The summed E-state index contributed by atoms with van der Waals surface area (Å²) in [5.74, 6) is 1.07. The van der Waals surface area contributed by atoms with Crippen LogP contribution < -0.4 is 15.5 Å². The molecule has 5 unspecified atom stereocenters. The summed E-state index contributed by atoms with van der Waals surface area (Å²) in [5, 5.41) is 7.07. The van der Waals surface area contributed by atoms with Crippen molar-refractivity contribution in [1.82, 2.24) is 5.32 Å². The van der Waals surface area contributed by atoms with E-state index >= 15 is 0 Å². The van der Waals surface area contributed by atoms with Crippen molar-refractivity contribution in [1.29, 1.82) is 0 Å². The Morgan fingerprint density at radius 2 is 1.76 bits per heavy atom. The number of aldehydes is 1. The average Bonchev–Trinajstić information content (AvgIpc) is 3.56. The molecule has 2 aliphatic rings. The van der Waals surface area contributed by atoms with Gasteiger partial charge in [-0.05, 0) is 124 Å². The van der Waals surface area contributed by atoms with Crippen molar-refractivity contribution in [2.75, 3.05) is 30.0 Å². The van der Waals surface area contributed by atoms with Gasteiger partial charge in [0.15, 0.2) is 0 Å². The molecule has 2 N–H and O–H groups in total. The number of fused-ring (bicyclic) bond motifs is 1. The van der Waals surface area contributed by atoms with Crippen molar-refractivity contribution in [3.63, 3.8) is 0 Å². The van der Waals surface area contributed by atoms with Crippen molar-refractivity contribution < 1.29 is 19.1 Å². The normalized spacial score (nSPS) is 17.8. The lowest BCUT2D eigenvalue weighted by Crippen LogP contribution is -2.45. The zero-order chi connectivity index (χ0) is 44.9. The molecule has 0 bridgehead atoms. The molecule has 1 amide bonds. The highest BCUT2D eigenvalue weighted by Gasteiger charge is 2.40. The van der Waals surface area contributed by atoms with Gasteiger partial charge in [-0.3, -0.25) is 9.59 Å². The van der Waals surface area contributed by atoms with E-state index in [4.69, 9.17) is 9.47 Å². The molecule has 5 atom stereocenters. The average molecular weight is 844 g/mol. The number of carbonyl (C=O) groups is 2. The predicted octanol–water partition coefficient (Wildman–Crippen LogP) is 13.0. The second-order valence-corrected chi connectivity index (χ2v) is 17.2. The van der Waals surface area contributed by atoms with E-state index in [0.29, 0.717) is 43.1 Å². The van der Waals surface area contributed by atoms with E-state index in [1.165, 1.54) is 23.6 Å². The Bertz CT molecular complexity index is 1930. The fourth-order valence-electron chi connectivity index (χ4n) is 8.54. The van der Waals surface area contributed by atoms with Gasteiger partial charge in [0.2, 0.25) is 0 Å². The minimum absolute atomic E-state index is 0.0471. The van der Waals surface area contributed by atoms with Gasteiger partial charge in [0.25, 0.3) is 5.91 Å². The van der Waals surface area contributed by atoms with Crippen LogP contribution in [0.15, 0.2) is 109 Å². The van der Waals surface area contributed by atoms with Crippen LogP contribution in [0.5, 0.6) is 0 Å². The third-order valence-electron chi connectivity index (χ3n) is 12.4. The number of nitrogens with one attached hydrogen (secondary N) is 2. The summed E-state index contributed by atoms with van der Waals surface area (Å²) in [6.07, 6.45) is 20.0. The minimum atomic E-state index is -0.234. The number of anilines is 2. The van der Waals surface area contributed by atoms with Crippen LogP contribution in [0, 0.1) is 11.8 Å². The molecular weight excluding hydrogens is 767 g/mol. The first kappa shape index (κ1) is 49.9. The highest BCUT2D eigenvalue weighted by molar-refractivity contribution is 5.96. The summed E-state index contributed by atoms with van der Waals surface area (Å²) in [4.78, 5) is 28.0. The highest BCUT2D eigenvalue weighted by atomic mass is 16.5. The van der Waals surface area contributed by atoms with Crippen molar-refractivity contribution in [2.24, 2.45) is 11.8 Å². The van der Waals surface area contributed by atoms with Gasteiger partial charge in [-0.15, -0.1) is 0 Å². The molecule has 7 heteroatoms. The molecular formula is C55H77N3O4. The Balaban J connectivity index is 0.00000273. The number of nitrogens with zero attached hydrogens (tertiary/aromatic N) is 1. The van der Waals surface area contributed by atoms with Crippen molar-refractivity contribution >= 4 is 29.6 Å². The number of allylic oxidation sites excluding steroid dienone is 3. The van der Waals surface area contributed by atoms with E-state index < -0.39 is 0 Å². The van der Waals surface area contributed by atoms with Crippen LogP contribution in [-0.2, 0) is 27.3 Å². The van der Waals surface area contributed by atoms with Gasteiger partial charge in [0.1, 0.15) is 6.29 Å². The van der Waals surface area contributed by atoms with Crippen LogP contribution in [0.4, 0.5) is 11.4 Å². The molecule has 1 aliphatic heterocycles. The Hall–Kier alpha value is -4.72. The van der Waals surface area contributed by atoms with Gasteiger partial charge in [0, 0.05) is 47.7 Å². The van der Waals surface area contributed by atoms with Crippen LogP contribution in [-0.4, -0.2) is 50.1 Å². The van der Waals surface area contributed by atoms with Crippen LogP contribution in [0.25, 0.3) is 6.08 Å². The van der Waals surface area contributed by atoms with E-state index in [0.717, 1.165) is 98.0 Å². The first-order chi connectivity index (χ1) is 30.1. The predicted molar refractivity (Wildman–Crippen MR) is 262 cm³/mol. The number of aryl methyl sites for hydroxylation is 1. The number of ether oxygens (including phenoxy) is 2. The van der Waals surface area contributed by atoms with Crippen LogP contribution in [0.1, 0.15) is 145 Å². The maximum atomic E-state index is 14.3. The molecule has 1 saturated carbocycles. The summed E-state index contributed by atoms with van der Waals surface area (Å²) in [5.41, 5.74) is 9.43. The Morgan fingerprint density at radius 3 is 2.42 bits per heavy atom. The lowest BCUT2D eigenvalue weighted by atomic mass is 9.78. The quantitative estimate of drug-likeness (QED) is 0.0405. The number of hydrogen-bond acceptors (Lipinski definition) is 6. The second kappa shape index (κ2) is 26.7. The Morgan fingerprint density at radius 1 is 1.00 bits per heavy atom. The van der Waals surface area contributed by atoms with Gasteiger partial charge in [-0.25, -0.2) is 0 Å². The maximum Gasteiger partial charge on any atom is 0.251 e. The highest BCUT2D eigenvalue weighted by Crippen LogP contribution is 2.47. The van der Waals surface area contributed by atoms with Crippen LogP contribution >= 0.6 is 0 Å². The number of amides is 1. The zero-order valence-corrected chi connectivity index (χ0v) is 39.3. The molecule has 62 heavy (non-hydrogen) atoms. The van der Waals surface area contributed by atoms with Crippen LogP contribution in [0.2, 0.25) is 0 Å². The molecule has 5 rings (SSSR count). The fraction of sp³-hybridized carbons (Fsp3) is 0.491. The van der Waals surface area contributed by atoms with Crippen LogP contribution in [0.3, 0.4) is 0 Å². The molecule has 1 fully saturated rings. The topological polar surface area (TPSA) is 79.9 Å². The number of carbonyl (C=O) groups excluding carboxylic acids is 2. The molecule has 0 saturated heterocycles. The van der Waals surface area contributed by atoms with Gasteiger partial charge >= 0.3 is 0 Å². The van der Waals surface area contributed by atoms with Gasteiger partial charge in [0.05, 0.1) is 25.4 Å². The lowest BCUT2D eigenvalue weighted by Gasteiger charge is -2.36. The monoisotopic (exact) mass is 844 g/mol. The van der Waals surface area contributed by atoms with Crippen molar-refractivity contribution in [3.05, 3.63) is 137 Å². The lowest BCUT2D eigenvalue weighted by molar-refractivity contribution is -0.104. The molecule has 336 valence electrons. The van der Waals surface area contributed by atoms with Gasteiger partial charge < -0.3 is 25.0 Å². The number of benzene rings is 3. The molecule has 0 spiro atoms. The summed E-state index contributed by atoms with van der Waals surface area (Å²) in [6.45, 7) is 24.5. The maximum absolute atomic E-state index is 14.3.